The van der Waals surface area contributed by atoms with Crippen LogP contribution in [0, 0.1) is 11.6 Å². The molecule has 1 aliphatic rings. The van der Waals surface area contributed by atoms with Crippen LogP contribution in [0.5, 0.6) is 11.5 Å². The zero-order valence-electron chi connectivity index (χ0n) is 15.6. The number of halogens is 2. The molecule has 0 amide bonds. The smallest absolute Gasteiger partial charge is 0.365 e. The van der Waals surface area contributed by atoms with Gasteiger partial charge >= 0.3 is 5.97 Å². The zero-order chi connectivity index (χ0) is 20.1. The van der Waals surface area contributed by atoms with Gasteiger partial charge in [0.05, 0.1) is 0 Å². The quantitative estimate of drug-likeness (QED) is 0.812. The molecule has 0 saturated carbocycles. The van der Waals surface area contributed by atoms with Crippen LogP contribution in [0.4, 0.5) is 8.78 Å². The molecule has 0 bridgehead atoms. The minimum absolute atomic E-state index is 0.358. The standard InChI is InChI=1S/C21H23F2NO4/c1-13-20(28-17-11-7-15(23)8-12-17)19(4-2-3-18(24)21(25)26-13)27-16-9-5-14(22)6-10-16/h5-13,18-20H,2-4,24H2,1H3/p+1/t13-,18-,19-,20-/m0/s1. The van der Waals surface area contributed by atoms with E-state index in [1.54, 1.807) is 6.92 Å². The molecule has 1 aliphatic heterocycles. The summed E-state index contributed by atoms with van der Waals surface area (Å²) in [6, 6.07) is 10.9. The molecule has 0 radical (unpaired) electrons. The van der Waals surface area contributed by atoms with Crippen molar-refractivity contribution < 1.29 is 33.5 Å². The summed E-state index contributed by atoms with van der Waals surface area (Å²) in [5, 5.41) is 0. The summed E-state index contributed by atoms with van der Waals surface area (Å²) >= 11 is 0. The molecular formula is C21H24F2NO4+. The first-order valence-corrected chi connectivity index (χ1v) is 9.30. The van der Waals surface area contributed by atoms with Gasteiger partial charge in [-0.3, -0.25) is 0 Å². The number of hydrogen-bond donors (Lipinski definition) is 1. The van der Waals surface area contributed by atoms with Crippen molar-refractivity contribution in [2.24, 2.45) is 0 Å². The van der Waals surface area contributed by atoms with Crippen molar-refractivity contribution >= 4 is 5.97 Å². The molecule has 2 aromatic carbocycles. The van der Waals surface area contributed by atoms with Crippen molar-refractivity contribution in [3.8, 4) is 11.5 Å². The topological polar surface area (TPSA) is 72.4 Å². The van der Waals surface area contributed by atoms with Crippen molar-refractivity contribution in [2.45, 2.75) is 50.5 Å². The minimum Gasteiger partial charge on any atom is -0.486 e. The van der Waals surface area contributed by atoms with Crippen LogP contribution < -0.4 is 15.2 Å². The molecule has 3 rings (SSSR count). The molecule has 3 N–H and O–H groups in total. The lowest BCUT2D eigenvalue weighted by molar-refractivity contribution is -0.410. The SMILES string of the molecule is C[C@@H]1OC(=O)[C@@H]([NH3+])CCC[C@H](Oc2ccc(F)cc2)[C@H]1Oc1ccc(F)cc1. The Kier molecular flexibility index (Phi) is 6.46. The number of hydrogen-bond acceptors (Lipinski definition) is 4. The Labute approximate surface area is 162 Å². The van der Waals surface area contributed by atoms with Gasteiger partial charge in [-0.1, -0.05) is 0 Å². The molecule has 0 spiro atoms. The maximum atomic E-state index is 13.2. The number of ether oxygens (including phenoxy) is 3. The predicted molar refractivity (Wildman–Crippen MR) is 97.7 cm³/mol. The van der Waals surface area contributed by atoms with E-state index in [0.717, 1.165) is 0 Å². The normalized spacial score (nSPS) is 25.8. The van der Waals surface area contributed by atoms with Gasteiger partial charge in [-0.05, 0) is 68.3 Å². The van der Waals surface area contributed by atoms with Crippen LogP contribution in [0.15, 0.2) is 48.5 Å². The summed E-state index contributed by atoms with van der Waals surface area (Å²) in [5.74, 6) is -0.193. The molecule has 28 heavy (non-hydrogen) atoms. The van der Waals surface area contributed by atoms with E-state index in [1.165, 1.54) is 48.5 Å². The molecule has 1 fully saturated rings. The van der Waals surface area contributed by atoms with E-state index >= 15 is 0 Å². The van der Waals surface area contributed by atoms with Crippen LogP contribution >= 0.6 is 0 Å². The molecule has 1 heterocycles. The highest BCUT2D eigenvalue weighted by atomic mass is 19.1. The van der Waals surface area contributed by atoms with Crippen LogP contribution in [0.3, 0.4) is 0 Å². The van der Waals surface area contributed by atoms with Gasteiger partial charge in [0.1, 0.15) is 35.3 Å². The van der Waals surface area contributed by atoms with Gasteiger partial charge < -0.3 is 19.9 Å². The lowest BCUT2D eigenvalue weighted by Crippen LogP contribution is -2.65. The molecule has 0 aliphatic carbocycles. The third kappa shape index (κ3) is 5.19. The third-order valence-electron chi connectivity index (χ3n) is 4.69. The van der Waals surface area contributed by atoms with Crippen molar-refractivity contribution in [3.63, 3.8) is 0 Å². The fourth-order valence-corrected chi connectivity index (χ4v) is 3.15. The largest absolute Gasteiger partial charge is 0.486 e. The number of quaternary nitrogens is 1. The molecule has 0 unspecified atom stereocenters. The van der Waals surface area contributed by atoms with Crippen molar-refractivity contribution in [3.05, 3.63) is 60.2 Å². The number of rotatable bonds is 4. The van der Waals surface area contributed by atoms with Gasteiger partial charge in [-0.15, -0.1) is 0 Å². The first-order chi connectivity index (χ1) is 13.4. The lowest BCUT2D eigenvalue weighted by Gasteiger charge is -2.31. The van der Waals surface area contributed by atoms with Crippen LogP contribution in [0.1, 0.15) is 26.2 Å². The van der Waals surface area contributed by atoms with Crippen molar-refractivity contribution in [1.82, 2.24) is 0 Å². The highest BCUT2D eigenvalue weighted by molar-refractivity contribution is 5.74. The highest BCUT2D eigenvalue weighted by Crippen LogP contribution is 2.25. The van der Waals surface area contributed by atoms with Crippen LogP contribution in [0.25, 0.3) is 0 Å². The second-order valence-electron chi connectivity index (χ2n) is 6.92. The third-order valence-corrected chi connectivity index (χ3v) is 4.69. The van der Waals surface area contributed by atoms with Gasteiger partial charge in [0.2, 0.25) is 0 Å². The predicted octanol–water partition coefficient (Wildman–Crippen LogP) is 2.89. The number of cyclic esters (lactones) is 1. The Hall–Kier alpha value is -2.67. The maximum absolute atomic E-state index is 13.2. The summed E-state index contributed by atoms with van der Waals surface area (Å²) in [4.78, 5) is 12.2. The summed E-state index contributed by atoms with van der Waals surface area (Å²) in [6.45, 7) is 1.73. The monoisotopic (exact) mass is 392 g/mol. The van der Waals surface area contributed by atoms with E-state index in [2.05, 4.69) is 5.73 Å². The van der Waals surface area contributed by atoms with Gasteiger partial charge in [-0.25, -0.2) is 13.6 Å². The number of carbonyl (C=O) groups excluding carboxylic acids is 1. The Morgan fingerprint density at radius 1 is 0.929 bits per heavy atom. The fourth-order valence-electron chi connectivity index (χ4n) is 3.15. The van der Waals surface area contributed by atoms with E-state index in [1.807, 2.05) is 0 Å². The minimum atomic E-state index is -0.634. The Bertz CT molecular complexity index is 782. The van der Waals surface area contributed by atoms with E-state index in [4.69, 9.17) is 14.2 Å². The van der Waals surface area contributed by atoms with E-state index in [0.29, 0.717) is 30.8 Å². The molecule has 2 aromatic rings. The van der Waals surface area contributed by atoms with Crippen molar-refractivity contribution in [2.75, 3.05) is 0 Å². The maximum Gasteiger partial charge on any atom is 0.365 e. The molecular weight excluding hydrogens is 368 g/mol. The lowest BCUT2D eigenvalue weighted by atomic mass is 10.0. The molecule has 0 aromatic heterocycles. The summed E-state index contributed by atoms with van der Waals surface area (Å²) < 4.78 is 44.1. The molecule has 4 atom stereocenters. The summed E-state index contributed by atoms with van der Waals surface area (Å²) in [6.07, 6.45) is 0.137. The second-order valence-corrected chi connectivity index (χ2v) is 6.92. The van der Waals surface area contributed by atoms with Crippen LogP contribution in [-0.4, -0.2) is 30.3 Å². The Balaban J connectivity index is 1.86. The van der Waals surface area contributed by atoms with Crippen LogP contribution in [-0.2, 0) is 9.53 Å². The van der Waals surface area contributed by atoms with Gasteiger partial charge in [0.25, 0.3) is 0 Å². The Morgan fingerprint density at radius 2 is 1.46 bits per heavy atom. The first-order valence-electron chi connectivity index (χ1n) is 9.30. The van der Waals surface area contributed by atoms with Crippen LogP contribution in [0.2, 0.25) is 0 Å². The average Bonchev–Trinajstić information content (AvgIpc) is 2.71. The van der Waals surface area contributed by atoms with E-state index in [9.17, 15) is 13.6 Å². The second kappa shape index (κ2) is 9.01. The van der Waals surface area contributed by atoms with E-state index < -0.39 is 24.4 Å². The molecule has 5 nitrogen and oxygen atoms in total. The summed E-state index contributed by atoms with van der Waals surface area (Å²) in [5.41, 5.74) is 3.85. The van der Waals surface area contributed by atoms with Gasteiger partial charge in [0.15, 0.2) is 12.1 Å². The molecule has 1 saturated heterocycles. The fraction of sp³-hybridized carbons (Fsp3) is 0.381. The summed E-state index contributed by atoms with van der Waals surface area (Å²) in [7, 11) is 0. The number of benzene rings is 2. The van der Waals surface area contributed by atoms with E-state index in [-0.39, 0.29) is 17.6 Å². The average molecular weight is 392 g/mol. The zero-order valence-corrected chi connectivity index (χ0v) is 15.6. The number of carbonyl (C=O) groups is 1. The first kappa shape index (κ1) is 20.1. The Morgan fingerprint density at radius 3 is 2.04 bits per heavy atom. The van der Waals surface area contributed by atoms with Gasteiger partial charge in [-0.2, -0.15) is 0 Å². The van der Waals surface area contributed by atoms with Crippen molar-refractivity contribution in [1.29, 1.82) is 0 Å². The highest BCUT2D eigenvalue weighted by Gasteiger charge is 2.36. The molecule has 7 heteroatoms. The van der Waals surface area contributed by atoms with Gasteiger partial charge in [0, 0.05) is 6.42 Å². The molecule has 150 valence electrons. The number of esters is 1.